The summed E-state index contributed by atoms with van der Waals surface area (Å²) in [6.07, 6.45) is -8.30. The van der Waals surface area contributed by atoms with Crippen LogP contribution in [0, 0.1) is 23.3 Å². The van der Waals surface area contributed by atoms with Crippen molar-refractivity contribution < 1.29 is 44.3 Å². The number of aryl methyl sites for hydroxylation is 1. The van der Waals surface area contributed by atoms with Gasteiger partial charge in [0.05, 0.1) is 0 Å². The normalized spacial score (nSPS) is 12.4. The van der Waals surface area contributed by atoms with E-state index in [9.17, 15) is 39.5 Å². The topological polar surface area (TPSA) is 9.23 Å². The van der Waals surface area contributed by atoms with E-state index < -0.39 is 58.5 Å². The Morgan fingerprint density at radius 1 is 0.743 bits per heavy atom. The lowest BCUT2D eigenvalue weighted by molar-refractivity contribution is -0.189. The number of benzene rings is 3. The summed E-state index contributed by atoms with van der Waals surface area (Å²) in [6.45, 7) is 1.97. The maximum atomic E-state index is 14.6. The highest BCUT2D eigenvalue weighted by Crippen LogP contribution is 2.38. The molecule has 0 fully saturated rings. The lowest BCUT2D eigenvalue weighted by Crippen LogP contribution is -2.25. The number of allylic oxidation sites excluding steroid dienone is 1. The first kappa shape index (κ1) is 26.2. The quantitative estimate of drug-likeness (QED) is 0.293. The Kier molecular flexibility index (Phi) is 7.52. The Bertz CT molecular complexity index is 1180. The van der Waals surface area contributed by atoms with Crippen LogP contribution < -0.4 is 4.74 Å². The van der Waals surface area contributed by atoms with Crippen molar-refractivity contribution >= 4 is 6.08 Å². The first-order valence-corrected chi connectivity index (χ1v) is 10.2. The summed E-state index contributed by atoms with van der Waals surface area (Å²) in [6, 6.07) is 8.30. The van der Waals surface area contributed by atoms with Gasteiger partial charge in [0.1, 0.15) is 34.6 Å². The summed E-state index contributed by atoms with van der Waals surface area (Å²) in [7, 11) is 0. The SMILES string of the molecule is CCCc1ccc(-c2cc(F)c(C(F)(F)Oc3cc(F)c(/C=C/C(F)(F)F)c(F)c3)c(F)c2)cc1. The second-order valence-corrected chi connectivity index (χ2v) is 7.56. The van der Waals surface area contributed by atoms with Gasteiger partial charge in [-0.1, -0.05) is 37.6 Å². The molecule has 35 heavy (non-hydrogen) atoms. The van der Waals surface area contributed by atoms with Gasteiger partial charge < -0.3 is 4.74 Å². The Labute approximate surface area is 194 Å². The van der Waals surface area contributed by atoms with E-state index in [1.54, 1.807) is 24.3 Å². The van der Waals surface area contributed by atoms with Crippen molar-refractivity contribution in [3.05, 3.63) is 94.6 Å². The van der Waals surface area contributed by atoms with E-state index >= 15 is 0 Å². The number of halogens is 9. The Balaban J connectivity index is 1.90. The molecule has 1 nitrogen and oxygen atoms in total. The van der Waals surface area contributed by atoms with Crippen molar-refractivity contribution in [3.63, 3.8) is 0 Å². The number of hydrogen-bond acceptors (Lipinski definition) is 1. The first-order chi connectivity index (χ1) is 16.3. The van der Waals surface area contributed by atoms with Crippen LogP contribution in [0.25, 0.3) is 17.2 Å². The fourth-order valence-electron chi connectivity index (χ4n) is 3.33. The van der Waals surface area contributed by atoms with Gasteiger partial charge >= 0.3 is 12.3 Å². The molecule has 10 heteroatoms. The number of rotatable bonds is 7. The standard InChI is InChI=1S/C25H17F9O/c1-2-3-14-4-6-15(7-5-14)16-10-21(28)23(22(29)11-16)25(33,34)35-17-12-19(26)18(20(27)13-17)8-9-24(30,31)32/h4-13H,2-3H2,1H3/b9-8+. The van der Waals surface area contributed by atoms with Gasteiger partial charge in [-0.05, 0) is 41.3 Å². The molecule has 0 saturated carbocycles. The summed E-state index contributed by atoms with van der Waals surface area (Å²) in [5.74, 6) is -7.84. The van der Waals surface area contributed by atoms with Crippen LogP contribution in [-0.4, -0.2) is 6.18 Å². The molecule has 0 heterocycles. The molecule has 0 amide bonds. The molecule has 186 valence electrons. The highest BCUT2D eigenvalue weighted by atomic mass is 19.4. The molecule has 0 unspecified atom stereocenters. The molecule has 0 aromatic heterocycles. The van der Waals surface area contributed by atoms with Gasteiger partial charge in [-0.2, -0.15) is 22.0 Å². The van der Waals surface area contributed by atoms with Crippen molar-refractivity contribution in [2.24, 2.45) is 0 Å². The van der Waals surface area contributed by atoms with E-state index in [0.29, 0.717) is 17.7 Å². The van der Waals surface area contributed by atoms with Crippen LogP contribution in [-0.2, 0) is 12.5 Å². The predicted octanol–water partition coefficient (Wildman–Crippen LogP) is 8.57. The van der Waals surface area contributed by atoms with Crippen molar-refractivity contribution in [2.45, 2.75) is 32.1 Å². The minimum absolute atomic E-state index is 0.0273. The molecule has 3 aromatic rings. The molecule has 0 N–H and O–H groups in total. The largest absolute Gasteiger partial charge is 0.432 e. The second kappa shape index (κ2) is 10.1. The van der Waals surface area contributed by atoms with Crippen molar-refractivity contribution in [3.8, 4) is 16.9 Å². The monoisotopic (exact) mass is 504 g/mol. The predicted molar refractivity (Wildman–Crippen MR) is 112 cm³/mol. The summed E-state index contributed by atoms with van der Waals surface area (Å²) in [4.78, 5) is 0. The van der Waals surface area contributed by atoms with Gasteiger partial charge in [-0.3, -0.25) is 0 Å². The van der Waals surface area contributed by atoms with Crippen molar-refractivity contribution in [2.75, 3.05) is 0 Å². The zero-order valence-corrected chi connectivity index (χ0v) is 18.0. The Hall–Kier alpha value is -3.43. The highest BCUT2D eigenvalue weighted by Gasteiger charge is 2.41. The first-order valence-electron chi connectivity index (χ1n) is 10.2. The van der Waals surface area contributed by atoms with Crippen LogP contribution in [0.3, 0.4) is 0 Å². The van der Waals surface area contributed by atoms with Crippen LogP contribution >= 0.6 is 0 Å². The smallest absolute Gasteiger partial charge is 0.429 e. The molecular formula is C25H17F9O. The molecule has 0 atom stereocenters. The van der Waals surface area contributed by atoms with E-state index in [0.717, 1.165) is 18.4 Å². The molecule has 0 aliphatic heterocycles. The highest BCUT2D eigenvalue weighted by molar-refractivity contribution is 5.64. The van der Waals surface area contributed by atoms with Gasteiger partial charge in [0.25, 0.3) is 0 Å². The van der Waals surface area contributed by atoms with Crippen molar-refractivity contribution in [1.82, 2.24) is 0 Å². The van der Waals surface area contributed by atoms with Crippen molar-refractivity contribution in [1.29, 1.82) is 0 Å². The molecule has 3 rings (SSSR count). The third kappa shape index (κ3) is 6.37. The van der Waals surface area contributed by atoms with E-state index in [1.165, 1.54) is 0 Å². The van der Waals surface area contributed by atoms with Crippen LogP contribution in [0.4, 0.5) is 39.5 Å². The van der Waals surface area contributed by atoms with Crippen LogP contribution in [0.1, 0.15) is 30.0 Å². The van der Waals surface area contributed by atoms with Gasteiger partial charge in [-0.15, -0.1) is 0 Å². The zero-order chi connectivity index (χ0) is 26.0. The van der Waals surface area contributed by atoms with Gasteiger partial charge in [-0.25, -0.2) is 17.6 Å². The van der Waals surface area contributed by atoms with Gasteiger partial charge in [0.2, 0.25) is 0 Å². The molecule has 0 saturated heterocycles. The van der Waals surface area contributed by atoms with Crippen LogP contribution in [0.2, 0.25) is 0 Å². The number of ether oxygens (including phenoxy) is 1. The van der Waals surface area contributed by atoms with Crippen LogP contribution in [0.5, 0.6) is 5.75 Å². The molecular weight excluding hydrogens is 487 g/mol. The molecule has 0 spiro atoms. The minimum atomic E-state index is -4.88. The number of hydrogen-bond donors (Lipinski definition) is 0. The van der Waals surface area contributed by atoms with Gasteiger partial charge in [0, 0.05) is 23.8 Å². The zero-order valence-electron chi connectivity index (χ0n) is 18.0. The number of alkyl halides is 5. The van der Waals surface area contributed by atoms with Gasteiger partial charge in [0.15, 0.2) is 0 Å². The summed E-state index contributed by atoms with van der Waals surface area (Å²) in [5.41, 5.74) is -1.64. The average molecular weight is 504 g/mol. The molecule has 3 aromatic carbocycles. The minimum Gasteiger partial charge on any atom is -0.429 e. The third-order valence-corrected chi connectivity index (χ3v) is 4.90. The fourth-order valence-corrected chi connectivity index (χ4v) is 3.33. The molecule has 0 aliphatic carbocycles. The summed E-state index contributed by atoms with van der Waals surface area (Å²) in [5, 5.41) is 0. The molecule has 0 bridgehead atoms. The average Bonchev–Trinajstić information content (AvgIpc) is 2.72. The lowest BCUT2D eigenvalue weighted by Gasteiger charge is -2.20. The van der Waals surface area contributed by atoms with Crippen LogP contribution in [0.15, 0.2) is 54.6 Å². The molecule has 0 aliphatic rings. The maximum absolute atomic E-state index is 14.6. The van der Waals surface area contributed by atoms with E-state index in [4.69, 9.17) is 0 Å². The second-order valence-electron chi connectivity index (χ2n) is 7.56. The van der Waals surface area contributed by atoms with E-state index in [1.807, 2.05) is 6.92 Å². The fraction of sp³-hybridized carbons (Fsp3) is 0.200. The Morgan fingerprint density at radius 3 is 1.77 bits per heavy atom. The van der Waals surface area contributed by atoms with E-state index in [2.05, 4.69) is 4.74 Å². The van der Waals surface area contributed by atoms with E-state index in [-0.39, 0.29) is 23.8 Å². The molecule has 0 radical (unpaired) electrons. The Morgan fingerprint density at radius 2 is 1.29 bits per heavy atom. The summed E-state index contributed by atoms with van der Waals surface area (Å²) < 4.78 is 127. The summed E-state index contributed by atoms with van der Waals surface area (Å²) >= 11 is 0. The third-order valence-electron chi connectivity index (χ3n) is 4.90. The lowest BCUT2D eigenvalue weighted by atomic mass is 10.00. The maximum Gasteiger partial charge on any atom is 0.432 e.